The van der Waals surface area contributed by atoms with Gasteiger partial charge in [-0.3, -0.25) is 14.9 Å². The first-order valence-corrected chi connectivity index (χ1v) is 6.42. The summed E-state index contributed by atoms with van der Waals surface area (Å²) < 4.78 is 0. The fraction of sp³-hybridized carbons (Fsp3) is 0.333. The van der Waals surface area contributed by atoms with Gasteiger partial charge in [-0.15, -0.1) is 0 Å². The Morgan fingerprint density at radius 3 is 2.89 bits per heavy atom. The van der Waals surface area contributed by atoms with E-state index in [4.69, 9.17) is 0 Å². The normalized spacial score (nSPS) is 20.2. The van der Waals surface area contributed by atoms with Crippen LogP contribution in [0.1, 0.15) is 24.4 Å². The van der Waals surface area contributed by atoms with Crippen molar-refractivity contribution in [2.45, 2.75) is 18.9 Å². The Morgan fingerprint density at radius 1 is 1.22 bits per heavy atom. The van der Waals surface area contributed by atoms with Gasteiger partial charge in [-0.1, -0.05) is 6.07 Å². The summed E-state index contributed by atoms with van der Waals surface area (Å²) >= 11 is 0. The van der Waals surface area contributed by atoms with Crippen molar-refractivity contribution in [1.29, 1.82) is 0 Å². The summed E-state index contributed by atoms with van der Waals surface area (Å²) in [7, 11) is 2.19. The second kappa shape index (κ2) is 4.86. The van der Waals surface area contributed by atoms with E-state index < -0.39 is 0 Å². The Bertz CT molecular complexity index is 524. The van der Waals surface area contributed by atoms with E-state index in [0.717, 1.165) is 5.69 Å². The maximum Gasteiger partial charge on any atom is 0.0706 e. The highest BCUT2D eigenvalue weighted by Gasteiger charge is 2.25. The second-order valence-electron chi connectivity index (χ2n) is 4.82. The molecule has 0 aromatic carbocycles. The van der Waals surface area contributed by atoms with Gasteiger partial charge in [-0.2, -0.15) is 0 Å². The number of hydrogen-bond acceptors (Lipinski definition) is 3. The maximum absolute atomic E-state index is 4.46. The van der Waals surface area contributed by atoms with Crippen LogP contribution < -0.4 is 0 Å². The van der Waals surface area contributed by atoms with Gasteiger partial charge in [0.2, 0.25) is 0 Å². The van der Waals surface area contributed by atoms with Gasteiger partial charge >= 0.3 is 0 Å². The first-order valence-electron chi connectivity index (χ1n) is 6.42. The van der Waals surface area contributed by atoms with Gasteiger partial charge in [0.15, 0.2) is 0 Å². The monoisotopic (exact) mass is 239 g/mol. The minimum Gasteiger partial charge on any atom is -0.299 e. The topological polar surface area (TPSA) is 29.0 Å². The highest BCUT2D eigenvalue weighted by molar-refractivity contribution is 5.63. The molecule has 1 fully saturated rings. The van der Waals surface area contributed by atoms with Crippen molar-refractivity contribution in [2.75, 3.05) is 13.6 Å². The molecule has 0 N–H and O–H groups in total. The molecule has 3 nitrogen and oxygen atoms in total. The minimum absolute atomic E-state index is 0.482. The molecular weight excluding hydrogens is 222 g/mol. The van der Waals surface area contributed by atoms with Crippen molar-refractivity contribution < 1.29 is 0 Å². The zero-order valence-corrected chi connectivity index (χ0v) is 10.6. The van der Waals surface area contributed by atoms with Gasteiger partial charge in [0.05, 0.1) is 5.69 Å². The number of pyridine rings is 2. The molecule has 92 valence electrons. The molecule has 0 bridgehead atoms. The average molecular weight is 239 g/mol. The van der Waals surface area contributed by atoms with E-state index in [1.165, 1.54) is 30.5 Å². The van der Waals surface area contributed by atoms with Crippen LogP contribution in [0.15, 0.2) is 42.9 Å². The highest BCUT2D eigenvalue weighted by atomic mass is 15.1. The fourth-order valence-corrected chi connectivity index (χ4v) is 2.73. The van der Waals surface area contributed by atoms with Gasteiger partial charge in [-0.25, -0.2) is 0 Å². The molecular formula is C15H17N3. The Balaban J connectivity index is 2.05. The summed E-state index contributed by atoms with van der Waals surface area (Å²) in [5, 5.41) is 0. The van der Waals surface area contributed by atoms with E-state index in [9.17, 15) is 0 Å². The first-order chi connectivity index (χ1) is 8.86. The van der Waals surface area contributed by atoms with Crippen LogP contribution >= 0.6 is 0 Å². The standard InChI is InChI=1S/C15H17N3/c1-18-10-4-6-15(18)13-11-16-9-7-12(13)14-5-2-3-8-17-14/h2-3,5,7-9,11,15H,4,6,10H2,1H3/t15-/m0/s1. The molecule has 0 radical (unpaired) electrons. The van der Waals surface area contributed by atoms with E-state index in [1.807, 2.05) is 30.7 Å². The van der Waals surface area contributed by atoms with Crippen molar-refractivity contribution in [3.63, 3.8) is 0 Å². The molecule has 3 rings (SSSR count). The molecule has 1 aliphatic heterocycles. The smallest absolute Gasteiger partial charge is 0.0706 e. The van der Waals surface area contributed by atoms with Gasteiger partial charge in [0.1, 0.15) is 0 Å². The van der Waals surface area contributed by atoms with Crippen LogP contribution in [0, 0.1) is 0 Å². The molecule has 2 aromatic heterocycles. The number of nitrogens with zero attached hydrogens (tertiary/aromatic N) is 3. The minimum atomic E-state index is 0.482. The lowest BCUT2D eigenvalue weighted by atomic mass is 9.98. The SMILES string of the molecule is CN1CCC[C@H]1c1cnccc1-c1ccccn1. The lowest BCUT2D eigenvalue weighted by Gasteiger charge is -2.21. The molecule has 0 saturated carbocycles. The van der Waals surface area contributed by atoms with Crippen LogP contribution in [-0.2, 0) is 0 Å². The molecule has 3 heteroatoms. The molecule has 0 amide bonds. The Hall–Kier alpha value is -1.74. The summed E-state index contributed by atoms with van der Waals surface area (Å²) in [5.41, 5.74) is 3.55. The molecule has 0 unspecified atom stereocenters. The number of hydrogen-bond donors (Lipinski definition) is 0. The van der Waals surface area contributed by atoms with Gasteiger partial charge in [-0.05, 0) is 50.2 Å². The van der Waals surface area contributed by atoms with Crippen LogP contribution in [0.3, 0.4) is 0 Å². The lowest BCUT2D eigenvalue weighted by Crippen LogP contribution is -2.18. The van der Waals surface area contributed by atoms with E-state index >= 15 is 0 Å². The number of likely N-dealkylation sites (tertiary alicyclic amines) is 1. The summed E-state index contributed by atoms with van der Waals surface area (Å²) in [5.74, 6) is 0. The summed E-state index contributed by atoms with van der Waals surface area (Å²) in [6.07, 6.45) is 8.16. The Labute approximate surface area is 108 Å². The van der Waals surface area contributed by atoms with Gasteiger partial charge in [0.25, 0.3) is 0 Å². The highest BCUT2D eigenvalue weighted by Crippen LogP contribution is 2.35. The molecule has 1 saturated heterocycles. The molecule has 1 aliphatic rings. The molecule has 3 heterocycles. The van der Waals surface area contributed by atoms with E-state index in [1.54, 1.807) is 0 Å². The summed E-state index contributed by atoms with van der Waals surface area (Å²) in [6, 6.07) is 8.60. The average Bonchev–Trinajstić information content (AvgIpc) is 2.86. The predicted octanol–water partition coefficient (Wildman–Crippen LogP) is 2.91. The Morgan fingerprint density at radius 2 is 2.17 bits per heavy atom. The van der Waals surface area contributed by atoms with E-state index in [0.29, 0.717) is 6.04 Å². The largest absolute Gasteiger partial charge is 0.299 e. The van der Waals surface area contributed by atoms with Crippen LogP contribution in [-0.4, -0.2) is 28.5 Å². The molecule has 2 aromatic rings. The number of rotatable bonds is 2. The number of aromatic nitrogens is 2. The van der Waals surface area contributed by atoms with Crippen molar-refractivity contribution >= 4 is 0 Å². The van der Waals surface area contributed by atoms with Crippen LogP contribution in [0.4, 0.5) is 0 Å². The quantitative estimate of drug-likeness (QED) is 0.807. The molecule has 0 spiro atoms. The fourth-order valence-electron chi connectivity index (χ4n) is 2.73. The molecule has 1 atom stereocenters. The van der Waals surface area contributed by atoms with Crippen molar-refractivity contribution in [1.82, 2.24) is 14.9 Å². The predicted molar refractivity (Wildman–Crippen MR) is 72.1 cm³/mol. The molecule has 0 aliphatic carbocycles. The van der Waals surface area contributed by atoms with Gasteiger partial charge < -0.3 is 0 Å². The third-order valence-corrected chi connectivity index (χ3v) is 3.67. The van der Waals surface area contributed by atoms with Crippen LogP contribution in [0.2, 0.25) is 0 Å². The van der Waals surface area contributed by atoms with Crippen LogP contribution in [0.5, 0.6) is 0 Å². The summed E-state index contributed by atoms with van der Waals surface area (Å²) in [4.78, 5) is 11.2. The zero-order valence-electron chi connectivity index (χ0n) is 10.6. The zero-order chi connectivity index (χ0) is 12.4. The lowest BCUT2D eigenvalue weighted by molar-refractivity contribution is 0.317. The van der Waals surface area contributed by atoms with Crippen molar-refractivity contribution in [3.8, 4) is 11.3 Å². The Kier molecular flexibility index (Phi) is 3.07. The third-order valence-electron chi connectivity index (χ3n) is 3.67. The van der Waals surface area contributed by atoms with Gasteiger partial charge in [0, 0.05) is 30.2 Å². The third kappa shape index (κ3) is 2.02. The maximum atomic E-state index is 4.46. The van der Waals surface area contributed by atoms with Crippen molar-refractivity contribution in [2.24, 2.45) is 0 Å². The van der Waals surface area contributed by atoms with E-state index in [2.05, 4.69) is 34.0 Å². The molecule has 18 heavy (non-hydrogen) atoms. The summed E-state index contributed by atoms with van der Waals surface area (Å²) in [6.45, 7) is 1.17. The van der Waals surface area contributed by atoms with Crippen LogP contribution in [0.25, 0.3) is 11.3 Å². The first kappa shape index (κ1) is 11.4. The second-order valence-corrected chi connectivity index (χ2v) is 4.82. The van der Waals surface area contributed by atoms with E-state index in [-0.39, 0.29) is 0 Å². The van der Waals surface area contributed by atoms with Crippen molar-refractivity contribution in [3.05, 3.63) is 48.4 Å².